The highest BCUT2D eigenvalue weighted by Crippen LogP contribution is 2.19. The van der Waals surface area contributed by atoms with Gasteiger partial charge < -0.3 is 15.0 Å². The predicted molar refractivity (Wildman–Crippen MR) is 77.6 cm³/mol. The summed E-state index contributed by atoms with van der Waals surface area (Å²) in [5, 5.41) is 3.97. The van der Waals surface area contributed by atoms with Gasteiger partial charge in [0.25, 0.3) is 0 Å². The molecule has 2 fully saturated rings. The lowest BCUT2D eigenvalue weighted by Gasteiger charge is -2.32. The van der Waals surface area contributed by atoms with Crippen molar-refractivity contribution in [2.24, 2.45) is 5.73 Å². The fourth-order valence-corrected chi connectivity index (χ4v) is 2.97. The van der Waals surface area contributed by atoms with Gasteiger partial charge in [0.15, 0.2) is 5.82 Å². The van der Waals surface area contributed by atoms with Gasteiger partial charge in [0.2, 0.25) is 5.89 Å². The Morgan fingerprint density at radius 2 is 2.05 bits per heavy atom. The van der Waals surface area contributed by atoms with E-state index in [1.54, 1.807) is 0 Å². The molecule has 21 heavy (non-hydrogen) atoms. The largest absolute Gasteiger partial charge is 0.379 e. The first kappa shape index (κ1) is 14.9. The van der Waals surface area contributed by atoms with Crippen LogP contribution in [0.15, 0.2) is 4.52 Å². The zero-order valence-electron chi connectivity index (χ0n) is 12.9. The fourth-order valence-electron chi connectivity index (χ4n) is 2.97. The van der Waals surface area contributed by atoms with Crippen LogP contribution in [-0.4, -0.2) is 65.4 Å². The quantitative estimate of drug-likeness (QED) is 0.848. The molecule has 0 bridgehead atoms. The van der Waals surface area contributed by atoms with Crippen LogP contribution in [0.2, 0.25) is 0 Å². The molecular formula is C14H25N5O2. The minimum absolute atomic E-state index is 0.552. The van der Waals surface area contributed by atoms with Gasteiger partial charge >= 0.3 is 0 Å². The first-order chi connectivity index (χ1) is 10.0. The molecule has 0 saturated carbocycles. The van der Waals surface area contributed by atoms with E-state index in [4.69, 9.17) is 15.0 Å². The standard InChI is InChI=1S/C14H25N5O2/c1-14(2,15)13-16-12(21-17-13)10-18-4-3-11(9-18)19-5-7-20-8-6-19/h11H,3-10,15H2,1-2H3. The number of nitrogens with zero attached hydrogens (tertiary/aromatic N) is 4. The summed E-state index contributed by atoms with van der Waals surface area (Å²) in [5.41, 5.74) is 5.43. The van der Waals surface area contributed by atoms with Crippen LogP contribution in [0.5, 0.6) is 0 Å². The van der Waals surface area contributed by atoms with Gasteiger partial charge in [-0.25, -0.2) is 0 Å². The van der Waals surface area contributed by atoms with Crippen LogP contribution in [0.1, 0.15) is 32.0 Å². The topological polar surface area (TPSA) is 80.7 Å². The van der Waals surface area contributed by atoms with E-state index >= 15 is 0 Å². The van der Waals surface area contributed by atoms with Gasteiger partial charge in [0.05, 0.1) is 25.3 Å². The van der Waals surface area contributed by atoms with Crippen molar-refractivity contribution in [1.82, 2.24) is 19.9 Å². The van der Waals surface area contributed by atoms with Crippen LogP contribution in [0.3, 0.4) is 0 Å². The second kappa shape index (κ2) is 6.00. The molecule has 2 aliphatic heterocycles. The molecule has 7 nitrogen and oxygen atoms in total. The van der Waals surface area contributed by atoms with Gasteiger partial charge in [-0.2, -0.15) is 4.98 Å². The van der Waals surface area contributed by atoms with Gasteiger partial charge in [-0.3, -0.25) is 9.80 Å². The molecule has 2 aliphatic rings. The molecule has 0 aromatic carbocycles. The van der Waals surface area contributed by atoms with Crippen molar-refractivity contribution in [2.45, 2.75) is 38.4 Å². The van der Waals surface area contributed by atoms with E-state index in [2.05, 4.69) is 19.9 Å². The summed E-state index contributed by atoms with van der Waals surface area (Å²) in [5.74, 6) is 1.23. The number of morpholine rings is 1. The van der Waals surface area contributed by atoms with E-state index in [1.807, 2.05) is 13.8 Å². The van der Waals surface area contributed by atoms with Gasteiger partial charge in [-0.1, -0.05) is 5.16 Å². The Hall–Kier alpha value is -1.02. The molecule has 0 spiro atoms. The van der Waals surface area contributed by atoms with Crippen LogP contribution in [0.4, 0.5) is 0 Å². The maximum absolute atomic E-state index is 5.98. The van der Waals surface area contributed by atoms with Crippen LogP contribution < -0.4 is 5.73 Å². The summed E-state index contributed by atoms with van der Waals surface area (Å²) < 4.78 is 10.7. The number of hydrogen-bond acceptors (Lipinski definition) is 7. The van der Waals surface area contributed by atoms with Crippen LogP contribution >= 0.6 is 0 Å². The Balaban J connectivity index is 1.53. The lowest BCUT2D eigenvalue weighted by Crippen LogP contribution is -2.44. The van der Waals surface area contributed by atoms with E-state index in [0.29, 0.717) is 24.3 Å². The lowest BCUT2D eigenvalue weighted by molar-refractivity contribution is 0.0182. The minimum atomic E-state index is -0.552. The average Bonchev–Trinajstić information content (AvgIpc) is 3.09. The van der Waals surface area contributed by atoms with Crippen molar-refractivity contribution in [3.05, 3.63) is 11.7 Å². The third-order valence-corrected chi connectivity index (χ3v) is 4.21. The van der Waals surface area contributed by atoms with E-state index < -0.39 is 5.54 Å². The van der Waals surface area contributed by atoms with E-state index in [-0.39, 0.29) is 0 Å². The Morgan fingerprint density at radius 1 is 1.29 bits per heavy atom. The Morgan fingerprint density at radius 3 is 2.71 bits per heavy atom. The lowest BCUT2D eigenvalue weighted by atomic mass is 10.1. The molecule has 1 atom stereocenters. The molecule has 0 radical (unpaired) electrons. The summed E-state index contributed by atoms with van der Waals surface area (Å²) in [6.07, 6.45) is 1.20. The summed E-state index contributed by atoms with van der Waals surface area (Å²) >= 11 is 0. The Labute approximate surface area is 125 Å². The summed E-state index contributed by atoms with van der Waals surface area (Å²) in [6.45, 7) is 10.4. The fraction of sp³-hybridized carbons (Fsp3) is 0.857. The van der Waals surface area contributed by atoms with Gasteiger partial charge in [-0.05, 0) is 20.3 Å². The molecule has 1 aromatic rings. The van der Waals surface area contributed by atoms with Crippen molar-refractivity contribution in [1.29, 1.82) is 0 Å². The molecular weight excluding hydrogens is 270 g/mol. The van der Waals surface area contributed by atoms with E-state index in [0.717, 1.165) is 39.4 Å². The third-order valence-electron chi connectivity index (χ3n) is 4.21. The summed E-state index contributed by atoms with van der Waals surface area (Å²) in [4.78, 5) is 9.31. The monoisotopic (exact) mass is 295 g/mol. The van der Waals surface area contributed by atoms with Crippen LogP contribution in [0.25, 0.3) is 0 Å². The third kappa shape index (κ3) is 3.60. The molecule has 1 unspecified atom stereocenters. The van der Waals surface area contributed by atoms with E-state index in [1.165, 1.54) is 6.42 Å². The van der Waals surface area contributed by atoms with Crippen molar-refractivity contribution >= 4 is 0 Å². The summed E-state index contributed by atoms with van der Waals surface area (Å²) in [7, 11) is 0. The zero-order chi connectivity index (χ0) is 14.9. The van der Waals surface area contributed by atoms with Gasteiger partial charge in [0.1, 0.15) is 0 Å². The maximum atomic E-state index is 5.98. The van der Waals surface area contributed by atoms with E-state index in [9.17, 15) is 0 Å². The minimum Gasteiger partial charge on any atom is -0.379 e. The number of hydrogen-bond donors (Lipinski definition) is 1. The normalized spacial score (nSPS) is 25.6. The Kier molecular flexibility index (Phi) is 4.26. The number of ether oxygens (including phenoxy) is 1. The molecule has 3 rings (SSSR count). The van der Waals surface area contributed by atoms with Crippen molar-refractivity contribution in [3.63, 3.8) is 0 Å². The molecule has 3 heterocycles. The molecule has 1 aromatic heterocycles. The average molecular weight is 295 g/mol. The zero-order valence-corrected chi connectivity index (χ0v) is 12.9. The van der Waals surface area contributed by atoms with Crippen LogP contribution in [0, 0.1) is 0 Å². The summed E-state index contributed by atoms with van der Waals surface area (Å²) in [6, 6.07) is 0.627. The second-order valence-electron chi connectivity index (χ2n) is 6.56. The highest BCUT2D eigenvalue weighted by Gasteiger charge is 2.30. The van der Waals surface area contributed by atoms with Crippen molar-refractivity contribution in [2.75, 3.05) is 39.4 Å². The maximum Gasteiger partial charge on any atom is 0.240 e. The molecule has 2 saturated heterocycles. The molecule has 0 aliphatic carbocycles. The smallest absolute Gasteiger partial charge is 0.240 e. The molecule has 7 heteroatoms. The highest BCUT2D eigenvalue weighted by atomic mass is 16.5. The van der Waals surface area contributed by atoms with Gasteiger partial charge in [0, 0.05) is 32.2 Å². The SMILES string of the molecule is CC(C)(N)c1noc(CN2CCC(N3CCOCC3)C2)n1. The number of rotatable bonds is 4. The number of aromatic nitrogens is 2. The molecule has 2 N–H and O–H groups in total. The van der Waals surface area contributed by atoms with Crippen molar-refractivity contribution in [3.8, 4) is 0 Å². The molecule has 118 valence electrons. The first-order valence-electron chi connectivity index (χ1n) is 7.68. The highest BCUT2D eigenvalue weighted by molar-refractivity contribution is 4.99. The van der Waals surface area contributed by atoms with Gasteiger partial charge in [-0.15, -0.1) is 0 Å². The first-order valence-corrected chi connectivity index (χ1v) is 7.68. The Bertz CT molecular complexity index is 464. The predicted octanol–water partition coefficient (Wildman–Crippen LogP) is 0.170. The van der Waals surface area contributed by atoms with Crippen LogP contribution in [-0.2, 0) is 16.8 Å². The molecule has 0 amide bonds. The second-order valence-corrected chi connectivity index (χ2v) is 6.56. The number of likely N-dealkylation sites (tertiary alicyclic amines) is 1. The van der Waals surface area contributed by atoms with Crippen molar-refractivity contribution < 1.29 is 9.26 Å². The number of nitrogens with two attached hydrogens (primary N) is 1.